The summed E-state index contributed by atoms with van der Waals surface area (Å²) in [5.74, 6) is 0.789. The summed E-state index contributed by atoms with van der Waals surface area (Å²) in [6.45, 7) is 24.0. The molecule has 0 rings (SSSR count). The molecular formula is C21H42O3Si. The van der Waals surface area contributed by atoms with Gasteiger partial charge >= 0.3 is 0 Å². The van der Waals surface area contributed by atoms with E-state index in [1.54, 1.807) is 7.11 Å². The van der Waals surface area contributed by atoms with Crippen molar-refractivity contribution in [2.45, 2.75) is 78.8 Å². The van der Waals surface area contributed by atoms with Gasteiger partial charge in [-0.05, 0) is 36.9 Å². The number of aliphatic hydroxyl groups excluding tert-OH is 1. The molecule has 4 heteroatoms. The topological polar surface area (TPSA) is 38.7 Å². The van der Waals surface area contributed by atoms with Crippen molar-refractivity contribution in [3.8, 4) is 0 Å². The molecule has 148 valence electrons. The molecule has 0 amide bonds. The SMILES string of the molecule is C=C[C@H](OC)[C@@H](O[Si](C)(C)C(C)(C)C)[C@H](C)/C=C(/C)[C@H](C)C(C)CO. The van der Waals surface area contributed by atoms with E-state index in [4.69, 9.17) is 9.16 Å². The summed E-state index contributed by atoms with van der Waals surface area (Å²) in [5, 5.41) is 9.57. The molecule has 0 fully saturated rings. The highest BCUT2D eigenvalue weighted by molar-refractivity contribution is 6.74. The van der Waals surface area contributed by atoms with Crippen LogP contribution < -0.4 is 0 Å². The molecule has 0 heterocycles. The van der Waals surface area contributed by atoms with Crippen molar-refractivity contribution >= 4 is 8.32 Å². The van der Waals surface area contributed by atoms with Crippen LogP contribution in [0.1, 0.15) is 48.5 Å². The van der Waals surface area contributed by atoms with Crippen LogP contribution in [0.25, 0.3) is 0 Å². The number of allylic oxidation sites excluding steroid dienone is 1. The van der Waals surface area contributed by atoms with Crippen molar-refractivity contribution in [1.29, 1.82) is 0 Å². The maximum atomic E-state index is 9.42. The Morgan fingerprint density at radius 1 is 1.20 bits per heavy atom. The lowest BCUT2D eigenvalue weighted by Crippen LogP contribution is -2.49. The highest BCUT2D eigenvalue weighted by atomic mass is 28.4. The van der Waals surface area contributed by atoms with Crippen LogP contribution in [0.15, 0.2) is 24.3 Å². The van der Waals surface area contributed by atoms with Gasteiger partial charge in [-0.15, -0.1) is 6.58 Å². The Labute approximate surface area is 157 Å². The van der Waals surface area contributed by atoms with Gasteiger partial charge in [0.25, 0.3) is 0 Å². The molecule has 0 spiro atoms. The number of hydrogen-bond acceptors (Lipinski definition) is 3. The molecule has 0 radical (unpaired) electrons. The maximum Gasteiger partial charge on any atom is 0.192 e. The van der Waals surface area contributed by atoms with Crippen LogP contribution in [0.2, 0.25) is 18.1 Å². The van der Waals surface area contributed by atoms with Gasteiger partial charge in [0.2, 0.25) is 0 Å². The first-order valence-electron chi connectivity index (χ1n) is 9.44. The van der Waals surface area contributed by atoms with Gasteiger partial charge in [-0.1, -0.05) is 59.3 Å². The van der Waals surface area contributed by atoms with E-state index in [9.17, 15) is 5.11 Å². The number of rotatable bonds is 10. The number of methoxy groups -OCH3 is 1. The summed E-state index contributed by atoms with van der Waals surface area (Å²) in [7, 11) is -0.214. The lowest BCUT2D eigenvalue weighted by molar-refractivity contribution is 0.00586. The summed E-state index contributed by atoms with van der Waals surface area (Å²) in [6, 6.07) is 0. The number of aliphatic hydroxyl groups is 1. The second-order valence-electron chi connectivity index (χ2n) is 9.00. The van der Waals surface area contributed by atoms with Crippen molar-refractivity contribution in [3.63, 3.8) is 0 Å². The highest BCUT2D eigenvalue weighted by Gasteiger charge is 2.41. The molecule has 0 saturated heterocycles. The molecule has 0 aliphatic carbocycles. The van der Waals surface area contributed by atoms with E-state index in [0.717, 1.165) is 0 Å². The zero-order valence-corrected chi connectivity index (χ0v) is 19.2. The molecule has 1 N–H and O–H groups in total. The van der Waals surface area contributed by atoms with Crippen molar-refractivity contribution in [3.05, 3.63) is 24.3 Å². The van der Waals surface area contributed by atoms with E-state index in [2.05, 4.69) is 74.2 Å². The van der Waals surface area contributed by atoms with Gasteiger partial charge in [-0.2, -0.15) is 0 Å². The Kier molecular flexibility index (Phi) is 9.88. The first kappa shape index (κ1) is 24.6. The quantitative estimate of drug-likeness (QED) is 0.412. The Hall–Kier alpha value is -0.423. The van der Waals surface area contributed by atoms with Crippen LogP contribution in [0.5, 0.6) is 0 Å². The fourth-order valence-electron chi connectivity index (χ4n) is 2.62. The molecule has 1 unspecified atom stereocenters. The zero-order chi connectivity index (χ0) is 20.0. The third kappa shape index (κ3) is 7.01. The summed E-state index contributed by atoms with van der Waals surface area (Å²) < 4.78 is 12.4. The largest absolute Gasteiger partial charge is 0.410 e. The van der Waals surface area contributed by atoms with E-state index in [1.165, 1.54) is 5.57 Å². The van der Waals surface area contributed by atoms with Gasteiger partial charge in [0.1, 0.15) is 6.10 Å². The Bertz CT molecular complexity index is 437. The molecule has 0 aromatic heterocycles. The molecule has 0 aromatic carbocycles. The monoisotopic (exact) mass is 370 g/mol. The van der Waals surface area contributed by atoms with E-state index >= 15 is 0 Å². The first-order chi connectivity index (χ1) is 11.3. The summed E-state index contributed by atoms with van der Waals surface area (Å²) in [4.78, 5) is 0. The van der Waals surface area contributed by atoms with Crippen LogP contribution in [0.3, 0.4) is 0 Å². The Morgan fingerprint density at radius 2 is 1.72 bits per heavy atom. The molecule has 0 bridgehead atoms. The molecule has 0 aliphatic rings. The maximum absolute atomic E-state index is 9.42. The van der Waals surface area contributed by atoms with E-state index in [0.29, 0.717) is 5.92 Å². The van der Waals surface area contributed by atoms with Crippen LogP contribution in [-0.2, 0) is 9.16 Å². The summed E-state index contributed by atoms with van der Waals surface area (Å²) in [5.41, 5.74) is 1.29. The van der Waals surface area contributed by atoms with E-state index < -0.39 is 8.32 Å². The fourth-order valence-corrected chi connectivity index (χ4v) is 4.01. The van der Waals surface area contributed by atoms with Gasteiger partial charge in [0.15, 0.2) is 8.32 Å². The molecule has 0 aliphatic heterocycles. The van der Waals surface area contributed by atoms with Gasteiger partial charge in [0, 0.05) is 19.6 Å². The molecule has 25 heavy (non-hydrogen) atoms. The predicted octanol–water partition coefficient (Wildman–Crippen LogP) is 5.42. The average molecular weight is 371 g/mol. The third-order valence-electron chi connectivity index (χ3n) is 5.97. The third-order valence-corrected chi connectivity index (χ3v) is 10.4. The number of ether oxygens (including phenoxy) is 1. The van der Waals surface area contributed by atoms with Gasteiger partial charge in [-0.3, -0.25) is 0 Å². The van der Waals surface area contributed by atoms with Crippen LogP contribution in [0.4, 0.5) is 0 Å². The van der Waals surface area contributed by atoms with Gasteiger partial charge in [-0.25, -0.2) is 0 Å². The standard InChI is InChI=1S/C21H42O3Si/c1-12-19(23-9)20(24-25(10,11)21(6,7)8)16(3)13-15(2)18(5)17(4)14-22/h12-13,16-20,22H,1,14H2,2-11H3/b15-13-/t16-,17?,18+,19+,20+/m1/s1. The van der Waals surface area contributed by atoms with Crippen LogP contribution >= 0.6 is 0 Å². The molecule has 0 saturated carbocycles. The second-order valence-corrected chi connectivity index (χ2v) is 13.8. The molecule has 5 atom stereocenters. The van der Waals surface area contributed by atoms with Crippen LogP contribution in [0, 0.1) is 17.8 Å². The molecule has 0 aromatic rings. The van der Waals surface area contributed by atoms with Crippen molar-refractivity contribution < 1.29 is 14.3 Å². The summed E-state index contributed by atoms with van der Waals surface area (Å²) in [6.07, 6.45) is 3.93. The zero-order valence-electron chi connectivity index (χ0n) is 18.2. The minimum absolute atomic E-state index is 0.0602. The molecular weight excluding hydrogens is 328 g/mol. The first-order valence-corrected chi connectivity index (χ1v) is 12.4. The van der Waals surface area contributed by atoms with Crippen molar-refractivity contribution in [2.75, 3.05) is 13.7 Å². The fraction of sp³-hybridized carbons (Fsp3) is 0.810. The molecule has 3 nitrogen and oxygen atoms in total. The second kappa shape index (κ2) is 10.1. The highest BCUT2D eigenvalue weighted by Crippen LogP contribution is 2.39. The smallest absolute Gasteiger partial charge is 0.192 e. The lowest BCUT2D eigenvalue weighted by Gasteiger charge is -2.42. The van der Waals surface area contributed by atoms with Gasteiger partial charge in [0.05, 0.1) is 6.10 Å². The Balaban J connectivity index is 5.59. The van der Waals surface area contributed by atoms with Gasteiger partial charge < -0.3 is 14.3 Å². The normalized spacial score (nSPS) is 19.9. The van der Waals surface area contributed by atoms with Crippen LogP contribution in [-0.4, -0.2) is 39.3 Å². The average Bonchev–Trinajstić information content (AvgIpc) is 2.51. The minimum atomic E-state index is -1.93. The minimum Gasteiger partial charge on any atom is -0.410 e. The van der Waals surface area contributed by atoms with Crippen molar-refractivity contribution in [2.24, 2.45) is 17.8 Å². The van der Waals surface area contributed by atoms with E-state index in [1.807, 2.05) is 6.08 Å². The summed E-state index contributed by atoms with van der Waals surface area (Å²) >= 11 is 0. The lowest BCUT2D eigenvalue weighted by atomic mass is 9.87. The van der Waals surface area contributed by atoms with Crippen molar-refractivity contribution in [1.82, 2.24) is 0 Å². The predicted molar refractivity (Wildman–Crippen MR) is 111 cm³/mol. The number of hydrogen-bond donors (Lipinski definition) is 1. The van der Waals surface area contributed by atoms with E-state index in [-0.39, 0.29) is 35.7 Å². The Morgan fingerprint density at radius 3 is 2.08 bits per heavy atom.